The summed E-state index contributed by atoms with van der Waals surface area (Å²) in [5, 5.41) is 2.65. The first-order valence-electron chi connectivity index (χ1n) is 6.75. The lowest BCUT2D eigenvalue weighted by molar-refractivity contribution is -0.145. The van der Waals surface area contributed by atoms with Gasteiger partial charge in [-0.2, -0.15) is 13.2 Å². The van der Waals surface area contributed by atoms with Gasteiger partial charge >= 0.3 is 6.18 Å². The molecule has 7 heteroatoms. The van der Waals surface area contributed by atoms with Crippen LogP contribution in [-0.2, 0) is 4.79 Å². The van der Waals surface area contributed by atoms with Gasteiger partial charge in [-0.25, -0.2) is 0 Å². The summed E-state index contributed by atoms with van der Waals surface area (Å²) in [4.78, 5) is 13.0. The summed E-state index contributed by atoms with van der Waals surface area (Å²) in [5.74, 6) is -0.254. The Bertz CT molecular complexity index is 463. The van der Waals surface area contributed by atoms with Gasteiger partial charge in [-0.05, 0) is 31.6 Å². The number of rotatable bonds is 7. The number of hydrogen-bond acceptors (Lipinski definition) is 3. The number of nitrogens with two attached hydrogens (primary N) is 1. The van der Waals surface area contributed by atoms with E-state index in [1.807, 2.05) is 0 Å². The quantitative estimate of drug-likeness (QED) is 0.762. The maximum Gasteiger partial charge on any atom is 0.401 e. The van der Waals surface area contributed by atoms with Crippen molar-refractivity contribution in [3.8, 4) is 0 Å². The summed E-state index contributed by atoms with van der Waals surface area (Å²) in [6, 6.07) is 6.84. The van der Waals surface area contributed by atoms with Gasteiger partial charge in [0.05, 0.1) is 17.9 Å². The maximum absolute atomic E-state index is 12.3. The van der Waals surface area contributed by atoms with Crippen molar-refractivity contribution in [3.05, 3.63) is 24.3 Å². The molecule has 0 heterocycles. The van der Waals surface area contributed by atoms with E-state index >= 15 is 0 Å². The van der Waals surface area contributed by atoms with E-state index in [0.29, 0.717) is 24.3 Å². The number of nitrogen functional groups attached to an aromatic ring is 1. The zero-order chi connectivity index (χ0) is 15.9. The van der Waals surface area contributed by atoms with E-state index in [4.69, 9.17) is 5.73 Å². The van der Waals surface area contributed by atoms with E-state index in [1.54, 1.807) is 31.2 Å². The third-order valence-corrected chi connectivity index (χ3v) is 2.96. The number of nitrogens with zero attached hydrogens (tertiary/aromatic N) is 1. The number of alkyl halides is 3. The van der Waals surface area contributed by atoms with E-state index in [0.717, 1.165) is 0 Å². The van der Waals surface area contributed by atoms with E-state index in [1.165, 1.54) is 4.90 Å². The number of anilines is 2. The fourth-order valence-electron chi connectivity index (χ4n) is 1.89. The van der Waals surface area contributed by atoms with Crippen molar-refractivity contribution in [2.24, 2.45) is 0 Å². The smallest absolute Gasteiger partial charge is 0.397 e. The third kappa shape index (κ3) is 6.99. The zero-order valence-corrected chi connectivity index (χ0v) is 11.9. The lowest BCUT2D eigenvalue weighted by Gasteiger charge is -2.21. The van der Waals surface area contributed by atoms with E-state index in [-0.39, 0.29) is 18.9 Å². The normalized spacial score (nSPS) is 11.7. The average Bonchev–Trinajstić information content (AvgIpc) is 2.39. The Kier molecular flexibility index (Phi) is 6.48. The number of para-hydroxylation sites is 2. The van der Waals surface area contributed by atoms with Crippen molar-refractivity contribution < 1.29 is 18.0 Å². The molecule has 21 heavy (non-hydrogen) atoms. The summed E-state index contributed by atoms with van der Waals surface area (Å²) in [5.41, 5.74) is 6.66. The van der Waals surface area contributed by atoms with Crippen LogP contribution in [0, 0.1) is 0 Å². The van der Waals surface area contributed by atoms with E-state index in [2.05, 4.69) is 5.32 Å². The first-order valence-corrected chi connectivity index (χ1v) is 6.75. The van der Waals surface area contributed by atoms with Crippen molar-refractivity contribution in [1.82, 2.24) is 4.90 Å². The molecule has 3 N–H and O–H groups in total. The highest BCUT2D eigenvalue weighted by atomic mass is 19.4. The maximum atomic E-state index is 12.3. The molecule has 0 fully saturated rings. The Morgan fingerprint density at radius 2 is 2.00 bits per heavy atom. The minimum atomic E-state index is -4.21. The van der Waals surface area contributed by atoms with E-state index < -0.39 is 12.7 Å². The molecular formula is C14H20F3N3O. The number of amides is 1. The molecule has 1 aromatic carbocycles. The van der Waals surface area contributed by atoms with Crippen molar-refractivity contribution in [3.63, 3.8) is 0 Å². The Hall–Kier alpha value is -1.76. The standard InChI is InChI=1S/C14H20F3N3O/c1-2-20(10-14(15,16)17)9-5-8-13(21)19-12-7-4-3-6-11(12)18/h3-4,6-7H,2,5,8-10,18H2,1H3,(H,19,21). The Balaban J connectivity index is 2.35. The Labute approximate surface area is 122 Å². The van der Waals surface area contributed by atoms with Gasteiger partial charge in [0.15, 0.2) is 0 Å². The topological polar surface area (TPSA) is 58.4 Å². The Morgan fingerprint density at radius 3 is 2.57 bits per heavy atom. The number of hydrogen-bond donors (Lipinski definition) is 2. The molecule has 0 aliphatic carbocycles. The summed E-state index contributed by atoms with van der Waals surface area (Å²) < 4.78 is 36.8. The van der Waals surface area contributed by atoms with Gasteiger partial charge in [0.1, 0.15) is 0 Å². The summed E-state index contributed by atoms with van der Waals surface area (Å²) in [7, 11) is 0. The van der Waals surface area contributed by atoms with Crippen LogP contribution in [0.25, 0.3) is 0 Å². The molecule has 0 saturated heterocycles. The highest BCUT2D eigenvalue weighted by Crippen LogP contribution is 2.18. The fourth-order valence-corrected chi connectivity index (χ4v) is 1.89. The fraction of sp³-hybridized carbons (Fsp3) is 0.500. The summed E-state index contributed by atoms with van der Waals surface area (Å²) in [6.45, 7) is 1.24. The average molecular weight is 303 g/mol. The number of benzene rings is 1. The first-order chi connectivity index (χ1) is 9.81. The molecule has 4 nitrogen and oxygen atoms in total. The second-order valence-electron chi connectivity index (χ2n) is 4.72. The number of halogens is 3. The highest BCUT2D eigenvalue weighted by molar-refractivity contribution is 5.93. The summed E-state index contributed by atoms with van der Waals surface area (Å²) >= 11 is 0. The SMILES string of the molecule is CCN(CCCC(=O)Nc1ccccc1N)CC(F)(F)F. The van der Waals surface area contributed by atoms with Crippen LogP contribution < -0.4 is 11.1 Å². The number of nitrogens with one attached hydrogen (secondary N) is 1. The van der Waals surface area contributed by atoms with Gasteiger partial charge < -0.3 is 11.1 Å². The predicted octanol–water partition coefficient (Wildman–Crippen LogP) is 2.87. The molecule has 0 atom stereocenters. The molecule has 1 amide bonds. The Morgan fingerprint density at radius 1 is 1.33 bits per heavy atom. The van der Waals surface area contributed by atoms with Gasteiger partial charge in [-0.1, -0.05) is 19.1 Å². The minimum Gasteiger partial charge on any atom is -0.397 e. The zero-order valence-electron chi connectivity index (χ0n) is 11.9. The van der Waals surface area contributed by atoms with Crippen molar-refractivity contribution >= 4 is 17.3 Å². The minimum absolute atomic E-state index is 0.155. The van der Waals surface area contributed by atoms with Crippen molar-refractivity contribution in [1.29, 1.82) is 0 Å². The molecule has 1 rings (SSSR count). The van der Waals surface area contributed by atoms with Crippen LogP contribution in [0.5, 0.6) is 0 Å². The lowest BCUT2D eigenvalue weighted by Crippen LogP contribution is -2.35. The second-order valence-corrected chi connectivity index (χ2v) is 4.72. The molecule has 0 saturated carbocycles. The molecular weight excluding hydrogens is 283 g/mol. The number of carbonyl (C=O) groups excluding carboxylic acids is 1. The molecule has 0 aromatic heterocycles. The van der Waals surface area contributed by atoms with Gasteiger partial charge in [0, 0.05) is 6.42 Å². The molecule has 0 spiro atoms. The molecule has 0 aliphatic rings. The van der Waals surface area contributed by atoms with Crippen LogP contribution in [0.1, 0.15) is 19.8 Å². The number of carbonyl (C=O) groups is 1. The third-order valence-electron chi connectivity index (χ3n) is 2.96. The van der Waals surface area contributed by atoms with E-state index in [9.17, 15) is 18.0 Å². The largest absolute Gasteiger partial charge is 0.401 e. The van der Waals surface area contributed by atoms with Crippen LogP contribution in [0.2, 0.25) is 0 Å². The van der Waals surface area contributed by atoms with Crippen LogP contribution in [-0.4, -0.2) is 36.6 Å². The molecule has 0 bridgehead atoms. The first kappa shape index (κ1) is 17.3. The van der Waals surface area contributed by atoms with Crippen LogP contribution in [0.15, 0.2) is 24.3 Å². The van der Waals surface area contributed by atoms with Crippen molar-refractivity contribution in [2.45, 2.75) is 25.9 Å². The lowest BCUT2D eigenvalue weighted by atomic mass is 10.2. The van der Waals surface area contributed by atoms with Gasteiger partial charge in [0.2, 0.25) is 5.91 Å². The van der Waals surface area contributed by atoms with Gasteiger partial charge in [0.25, 0.3) is 0 Å². The van der Waals surface area contributed by atoms with Gasteiger partial charge in [-0.15, -0.1) is 0 Å². The van der Waals surface area contributed by atoms with Crippen molar-refractivity contribution in [2.75, 3.05) is 30.7 Å². The predicted molar refractivity (Wildman–Crippen MR) is 76.9 cm³/mol. The van der Waals surface area contributed by atoms with Crippen LogP contribution in [0.4, 0.5) is 24.5 Å². The second kappa shape index (κ2) is 7.87. The van der Waals surface area contributed by atoms with Crippen LogP contribution in [0.3, 0.4) is 0 Å². The monoisotopic (exact) mass is 303 g/mol. The molecule has 118 valence electrons. The summed E-state index contributed by atoms with van der Waals surface area (Å²) in [6.07, 6.45) is -3.69. The van der Waals surface area contributed by atoms with Gasteiger partial charge in [-0.3, -0.25) is 9.69 Å². The molecule has 0 unspecified atom stereocenters. The molecule has 1 aromatic rings. The highest BCUT2D eigenvalue weighted by Gasteiger charge is 2.29. The van der Waals surface area contributed by atoms with Crippen LogP contribution >= 0.6 is 0 Å². The molecule has 0 radical (unpaired) electrons. The molecule has 0 aliphatic heterocycles.